The monoisotopic (exact) mass is 280 g/mol. The Hall–Kier alpha value is -0.980. The molecule has 96 valence electrons. The Morgan fingerprint density at radius 3 is 2.94 bits per heavy atom. The second-order valence-corrected chi connectivity index (χ2v) is 6.12. The van der Waals surface area contributed by atoms with Crippen molar-refractivity contribution < 1.29 is 0 Å². The molecule has 2 N–H and O–H groups in total. The molecule has 1 aliphatic rings. The number of likely N-dealkylation sites (tertiary alicyclic amines) is 1. The van der Waals surface area contributed by atoms with Gasteiger partial charge < -0.3 is 5.73 Å². The van der Waals surface area contributed by atoms with Crippen LogP contribution in [0.2, 0.25) is 0 Å². The minimum atomic E-state index is 0.432. The van der Waals surface area contributed by atoms with Crippen molar-refractivity contribution in [3.8, 4) is 0 Å². The molecule has 1 saturated heterocycles. The van der Waals surface area contributed by atoms with Gasteiger partial charge in [-0.2, -0.15) is 0 Å². The topological polar surface area (TPSA) is 46.6 Å². The van der Waals surface area contributed by atoms with Crippen LogP contribution in [0.15, 0.2) is 17.8 Å². The first-order valence-corrected chi connectivity index (χ1v) is 7.44. The van der Waals surface area contributed by atoms with Crippen molar-refractivity contribution in [2.45, 2.75) is 19.4 Å². The lowest BCUT2D eigenvalue weighted by atomic mass is 9.97. The number of nitrogens with zero attached hydrogens (tertiary/aromatic N) is 3. The van der Waals surface area contributed by atoms with E-state index >= 15 is 0 Å². The molecule has 0 bridgehead atoms. The summed E-state index contributed by atoms with van der Waals surface area (Å²) in [5.41, 5.74) is 6.85. The van der Waals surface area contributed by atoms with E-state index in [-0.39, 0.29) is 0 Å². The number of fused-ring (bicyclic) bond motifs is 1. The van der Waals surface area contributed by atoms with Gasteiger partial charge in [-0.25, -0.2) is 4.98 Å². The van der Waals surface area contributed by atoms with Crippen LogP contribution in [0.25, 0.3) is 4.96 Å². The number of hydrogen-bond acceptors (Lipinski definition) is 4. The maximum Gasteiger partial charge on any atom is 0.193 e. The largest absolute Gasteiger partial charge is 0.393 e. The molecular formula is C12H16N4S2. The maximum absolute atomic E-state index is 5.70. The number of nitrogens with two attached hydrogens (primary N) is 1. The van der Waals surface area contributed by atoms with Crippen LogP contribution in [0.5, 0.6) is 0 Å². The summed E-state index contributed by atoms with van der Waals surface area (Å²) in [6.07, 6.45) is 6.33. The number of piperidine rings is 1. The van der Waals surface area contributed by atoms with Gasteiger partial charge in [0.2, 0.25) is 0 Å². The highest BCUT2D eigenvalue weighted by molar-refractivity contribution is 7.80. The van der Waals surface area contributed by atoms with E-state index in [1.54, 1.807) is 11.3 Å². The maximum atomic E-state index is 5.70. The molecule has 6 heteroatoms. The van der Waals surface area contributed by atoms with Gasteiger partial charge in [0.05, 0.1) is 10.7 Å². The highest BCUT2D eigenvalue weighted by Crippen LogP contribution is 2.20. The van der Waals surface area contributed by atoms with Crippen LogP contribution in [0.3, 0.4) is 0 Å². The van der Waals surface area contributed by atoms with E-state index in [1.165, 1.54) is 0 Å². The van der Waals surface area contributed by atoms with Crippen molar-refractivity contribution in [3.05, 3.63) is 23.5 Å². The minimum Gasteiger partial charge on any atom is -0.393 e. The standard InChI is InChI=1S/C12H16N4S2/c13-11(17)9-1-3-15(4-2-9)7-10-8-16-5-6-18-12(16)14-10/h5-6,8-9H,1-4,7H2,(H2,13,17). The fourth-order valence-corrected chi connectivity index (χ4v) is 3.41. The lowest BCUT2D eigenvalue weighted by Gasteiger charge is -2.30. The first kappa shape index (κ1) is 12.1. The molecule has 0 atom stereocenters. The van der Waals surface area contributed by atoms with Crippen LogP contribution < -0.4 is 5.73 Å². The summed E-state index contributed by atoms with van der Waals surface area (Å²) in [5.74, 6) is 0.432. The van der Waals surface area contributed by atoms with E-state index in [4.69, 9.17) is 18.0 Å². The van der Waals surface area contributed by atoms with Gasteiger partial charge in [0.25, 0.3) is 0 Å². The average molecular weight is 280 g/mol. The van der Waals surface area contributed by atoms with Gasteiger partial charge in [-0.15, -0.1) is 11.3 Å². The number of hydrogen-bond donors (Lipinski definition) is 1. The normalized spacial score (nSPS) is 18.4. The average Bonchev–Trinajstić information content (AvgIpc) is 2.90. The fourth-order valence-electron chi connectivity index (χ4n) is 2.46. The van der Waals surface area contributed by atoms with Gasteiger partial charge in [0, 0.05) is 30.2 Å². The van der Waals surface area contributed by atoms with Crippen molar-refractivity contribution in [3.63, 3.8) is 0 Å². The Bertz CT molecular complexity index is 523. The molecule has 0 unspecified atom stereocenters. The number of aromatic nitrogens is 2. The van der Waals surface area contributed by atoms with Gasteiger partial charge >= 0.3 is 0 Å². The van der Waals surface area contributed by atoms with E-state index in [2.05, 4.69) is 32.1 Å². The Labute approximate surface area is 115 Å². The zero-order chi connectivity index (χ0) is 12.5. The SMILES string of the molecule is NC(=S)C1CCN(Cc2cn3ccsc3n2)CC1. The van der Waals surface area contributed by atoms with E-state index < -0.39 is 0 Å². The molecule has 2 aromatic heterocycles. The van der Waals surface area contributed by atoms with Crippen LogP contribution >= 0.6 is 23.6 Å². The van der Waals surface area contributed by atoms with Gasteiger partial charge in [0.15, 0.2) is 4.96 Å². The van der Waals surface area contributed by atoms with E-state index in [0.717, 1.165) is 43.1 Å². The third-order valence-corrected chi connectivity index (χ3v) is 4.62. The number of thiocarbonyl (C=S) groups is 1. The smallest absolute Gasteiger partial charge is 0.193 e. The Morgan fingerprint density at radius 2 is 2.28 bits per heavy atom. The van der Waals surface area contributed by atoms with Crippen molar-refractivity contribution in [2.24, 2.45) is 11.7 Å². The lowest BCUT2D eigenvalue weighted by molar-refractivity contribution is 0.200. The molecule has 1 aliphatic heterocycles. The van der Waals surface area contributed by atoms with Crippen molar-refractivity contribution in [1.29, 1.82) is 0 Å². The van der Waals surface area contributed by atoms with Gasteiger partial charge in [-0.3, -0.25) is 9.30 Å². The number of thiazole rings is 1. The minimum absolute atomic E-state index is 0.432. The van der Waals surface area contributed by atoms with E-state index in [1.807, 2.05) is 0 Å². The second kappa shape index (κ2) is 4.95. The molecule has 0 aromatic carbocycles. The molecule has 4 nitrogen and oxygen atoms in total. The molecule has 1 fully saturated rings. The third kappa shape index (κ3) is 2.41. The first-order valence-electron chi connectivity index (χ1n) is 6.15. The summed E-state index contributed by atoms with van der Waals surface area (Å²) in [6.45, 7) is 3.05. The zero-order valence-corrected chi connectivity index (χ0v) is 11.7. The predicted molar refractivity (Wildman–Crippen MR) is 77.9 cm³/mol. The summed E-state index contributed by atoms with van der Waals surface area (Å²) >= 11 is 6.73. The Balaban J connectivity index is 1.61. The molecular weight excluding hydrogens is 264 g/mol. The van der Waals surface area contributed by atoms with Crippen molar-refractivity contribution in [2.75, 3.05) is 13.1 Å². The molecule has 0 amide bonds. The Morgan fingerprint density at radius 1 is 1.50 bits per heavy atom. The third-order valence-electron chi connectivity index (χ3n) is 3.52. The van der Waals surface area contributed by atoms with Crippen LogP contribution in [0, 0.1) is 5.92 Å². The molecule has 0 radical (unpaired) electrons. The molecule has 3 rings (SSSR count). The molecule has 0 saturated carbocycles. The van der Waals surface area contributed by atoms with Gasteiger partial charge in [-0.05, 0) is 25.9 Å². The van der Waals surface area contributed by atoms with Gasteiger partial charge in [-0.1, -0.05) is 12.2 Å². The van der Waals surface area contributed by atoms with Crippen LogP contribution in [0.1, 0.15) is 18.5 Å². The fraction of sp³-hybridized carbons (Fsp3) is 0.500. The molecule has 0 aliphatic carbocycles. The second-order valence-electron chi connectivity index (χ2n) is 4.78. The molecule has 3 heterocycles. The molecule has 0 spiro atoms. The number of imidazole rings is 1. The highest BCUT2D eigenvalue weighted by atomic mass is 32.1. The van der Waals surface area contributed by atoms with Gasteiger partial charge in [0.1, 0.15) is 0 Å². The summed E-state index contributed by atoms with van der Waals surface area (Å²) < 4.78 is 2.09. The molecule has 2 aromatic rings. The number of rotatable bonds is 3. The summed E-state index contributed by atoms with van der Waals surface area (Å²) in [5, 5.41) is 2.06. The summed E-state index contributed by atoms with van der Waals surface area (Å²) in [7, 11) is 0. The van der Waals surface area contributed by atoms with Crippen molar-refractivity contribution in [1.82, 2.24) is 14.3 Å². The summed E-state index contributed by atoms with van der Waals surface area (Å²) in [6, 6.07) is 0. The highest BCUT2D eigenvalue weighted by Gasteiger charge is 2.21. The lowest BCUT2D eigenvalue weighted by Crippen LogP contribution is -2.37. The quantitative estimate of drug-likeness (QED) is 0.872. The van der Waals surface area contributed by atoms with Crippen LogP contribution in [-0.2, 0) is 6.54 Å². The van der Waals surface area contributed by atoms with E-state index in [0.29, 0.717) is 10.9 Å². The summed E-state index contributed by atoms with van der Waals surface area (Å²) in [4.78, 5) is 8.79. The molecule has 18 heavy (non-hydrogen) atoms. The zero-order valence-electron chi connectivity index (χ0n) is 10.1. The van der Waals surface area contributed by atoms with Crippen LogP contribution in [-0.4, -0.2) is 32.4 Å². The Kier molecular flexibility index (Phi) is 3.32. The predicted octanol–water partition coefficient (Wildman–Crippen LogP) is 1.89. The van der Waals surface area contributed by atoms with Crippen molar-refractivity contribution >= 4 is 33.5 Å². The first-order chi connectivity index (χ1) is 8.72. The van der Waals surface area contributed by atoms with E-state index in [9.17, 15) is 0 Å². The van der Waals surface area contributed by atoms with Crippen LogP contribution in [0.4, 0.5) is 0 Å².